The molecule has 16 heavy (non-hydrogen) atoms. The van der Waals surface area contributed by atoms with Crippen LogP contribution in [-0.2, 0) is 6.42 Å². The Morgan fingerprint density at radius 2 is 1.31 bits per heavy atom. The molecule has 0 heterocycles. The van der Waals surface area contributed by atoms with E-state index >= 15 is 0 Å². The van der Waals surface area contributed by atoms with Crippen LogP contribution in [-0.4, -0.2) is 0 Å². The van der Waals surface area contributed by atoms with Gasteiger partial charge in [0, 0.05) is 11.1 Å². The van der Waals surface area contributed by atoms with Crippen LogP contribution in [0, 0.1) is 23.3 Å². The van der Waals surface area contributed by atoms with Crippen molar-refractivity contribution in [2.75, 3.05) is 0 Å². The van der Waals surface area contributed by atoms with Gasteiger partial charge in [0.1, 0.15) is 0 Å². The lowest BCUT2D eigenvalue weighted by atomic mass is 9.94. The normalized spacial score (nSPS) is 12.9. The Bertz CT molecular complexity index is 369. The number of halogens is 4. The van der Waals surface area contributed by atoms with E-state index in [9.17, 15) is 17.6 Å². The molecule has 0 saturated heterocycles. The largest absolute Gasteiger partial charge is 0.203 e. The van der Waals surface area contributed by atoms with Crippen LogP contribution in [0.1, 0.15) is 44.2 Å². The van der Waals surface area contributed by atoms with Crippen molar-refractivity contribution in [3.05, 3.63) is 34.4 Å². The molecule has 90 valence electrons. The van der Waals surface area contributed by atoms with Crippen molar-refractivity contribution in [2.45, 2.75) is 39.5 Å². The summed E-state index contributed by atoms with van der Waals surface area (Å²) in [5.74, 6) is -5.60. The third kappa shape index (κ3) is 1.93. The minimum absolute atomic E-state index is 0.0771. The molecule has 0 bridgehead atoms. The van der Waals surface area contributed by atoms with Gasteiger partial charge in [0.25, 0.3) is 0 Å². The lowest BCUT2D eigenvalue weighted by molar-refractivity contribution is 0.416. The molecule has 0 spiro atoms. The Labute approximate surface area is 92.3 Å². The summed E-state index contributed by atoms with van der Waals surface area (Å²) in [4.78, 5) is 0. The Balaban J connectivity index is 3.53. The second-order valence-corrected chi connectivity index (χ2v) is 3.81. The van der Waals surface area contributed by atoms with Crippen molar-refractivity contribution < 1.29 is 17.6 Å². The quantitative estimate of drug-likeness (QED) is 0.539. The summed E-state index contributed by atoms with van der Waals surface area (Å²) in [6.45, 7) is 4.68. The first-order chi connectivity index (χ1) is 7.45. The molecule has 1 unspecified atom stereocenters. The first-order valence-electron chi connectivity index (χ1n) is 5.30. The van der Waals surface area contributed by atoms with Gasteiger partial charge in [-0.05, 0) is 18.8 Å². The monoisotopic (exact) mass is 234 g/mol. The minimum atomic E-state index is -1.27. The molecule has 0 radical (unpaired) electrons. The highest BCUT2D eigenvalue weighted by Gasteiger charge is 2.26. The average Bonchev–Trinajstić information content (AvgIpc) is 2.27. The maximum Gasteiger partial charge on any atom is 0.165 e. The van der Waals surface area contributed by atoms with Crippen molar-refractivity contribution in [3.63, 3.8) is 0 Å². The molecule has 1 atom stereocenters. The highest BCUT2D eigenvalue weighted by atomic mass is 19.2. The fourth-order valence-corrected chi connectivity index (χ4v) is 1.64. The van der Waals surface area contributed by atoms with Gasteiger partial charge < -0.3 is 0 Å². The zero-order valence-corrected chi connectivity index (χ0v) is 9.50. The van der Waals surface area contributed by atoms with Gasteiger partial charge in [0.2, 0.25) is 0 Å². The van der Waals surface area contributed by atoms with Crippen LogP contribution in [0.3, 0.4) is 0 Å². The first-order valence-corrected chi connectivity index (χ1v) is 5.30. The van der Waals surface area contributed by atoms with Crippen LogP contribution in [0.25, 0.3) is 0 Å². The van der Waals surface area contributed by atoms with Gasteiger partial charge in [-0.3, -0.25) is 0 Å². The summed E-state index contributed by atoms with van der Waals surface area (Å²) in [7, 11) is 0. The van der Waals surface area contributed by atoms with Crippen molar-refractivity contribution in [1.29, 1.82) is 0 Å². The molecular weight excluding hydrogens is 220 g/mol. The van der Waals surface area contributed by atoms with E-state index in [4.69, 9.17) is 0 Å². The summed E-state index contributed by atoms with van der Waals surface area (Å²) in [6, 6.07) is 0. The maximum absolute atomic E-state index is 13.5. The molecule has 1 rings (SSSR count). The number of benzene rings is 1. The van der Waals surface area contributed by atoms with Crippen LogP contribution in [0.15, 0.2) is 0 Å². The maximum atomic E-state index is 13.5. The number of rotatable bonds is 3. The predicted octanol–water partition coefficient (Wildman–Crippen LogP) is 4.32. The van der Waals surface area contributed by atoms with E-state index in [0.717, 1.165) is 0 Å². The third-order valence-electron chi connectivity index (χ3n) is 2.85. The van der Waals surface area contributed by atoms with Gasteiger partial charge in [-0.2, -0.15) is 0 Å². The molecule has 0 nitrogen and oxygen atoms in total. The summed E-state index contributed by atoms with van der Waals surface area (Å²) >= 11 is 0. The van der Waals surface area contributed by atoms with Crippen LogP contribution in [0.2, 0.25) is 0 Å². The van der Waals surface area contributed by atoms with E-state index in [1.807, 2.05) is 0 Å². The fraction of sp³-hybridized carbons (Fsp3) is 0.500. The van der Waals surface area contributed by atoms with Crippen LogP contribution >= 0.6 is 0 Å². The van der Waals surface area contributed by atoms with Gasteiger partial charge in [-0.25, -0.2) is 17.6 Å². The topological polar surface area (TPSA) is 0 Å². The van der Waals surface area contributed by atoms with Gasteiger partial charge in [0.15, 0.2) is 23.3 Å². The van der Waals surface area contributed by atoms with E-state index in [1.54, 1.807) is 6.92 Å². The Hall–Kier alpha value is -1.06. The smallest absolute Gasteiger partial charge is 0.165 e. The van der Waals surface area contributed by atoms with E-state index < -0.39 is 40.3 Å². The van der Waals surface area contributed by atoms with E-state index in [-0.39, 0.29) is 6.42 Å². The van der Waals surface area contributed by atoms with Crippen molar-refractivity contribution in [2.24, 2.45) is 0 Å². The molecule has 0 aliphatic heterocycles. The molecule has 0 amide bonds. The lowest BCUT2D eigenvalue weighted by Crippen LogP contribution is -2.10. The summed E-state index contributed by atoms with van der Waals surface area (Å²) in [6.07, 6.45) is 0.338. The van der Waals surface area contributed by atoms with Gasteiger partial charge >= 0.3 is 0 Å². The SMILES string of the molecule is CCc1c(F)c(F)c(C(C)CC)c(F)c1F. The standard InChI is InChI=1S/C12H14F4/c1-4-6(3)8-11(15)9(13)7(5-2)10(14)12(8)16/h6H,4-5H2,1-3H3. The molecule has 0 aliphatic carbocycles. The second kappa shape index (κ2) is 4.85. The Kier molecular flexibility index (Phi) is 3.94. The molecule has 0 aliphatic rings. The molecule has 0 N–H and O–H groups in total. The highest BCUT2D eigenvalue weighted by molar-refractivity contribution is 5.32. The zero-order valence-electron chi connectivity index (χ0n) is 9.50. The van der Waals surface area contributed by atoms with E-state index in [1.165, 1.54) is 13.8 Å². The predicted molar refractivity (Wildman–Crippen MR) is 54.4 cm³/mol. The lowest BCUT2D eigenvalue weighted by Gasteiger charge is -2.15. The molecular formula is C12H14F4. The van der Waals surface area contributed by atoms with Crippen LogP contribution in [0.4, 0.5) is 17.6 Å². The fourth-order valence-electron chi connectivity index (χ4n) is 1.64. The zero-order chi connectivity index (χ0) is 12.5. The van der Waals surface area contributed by atoms with Crippen molar-refractivity contribution in [1.82, 2.24) is 0 Å². The molecule has 1 aromatic carbocycles. The number of hydrogen-bond donors (Lipinski definition) is 0. The molecule has 1 aromatic rings. The van der Waals surface area contributed by atoms with Gasteiger partial charge in [0.05, 0.1) is 0 Å². The summed E-state index contributed by atoms with van der Waals surface area (Å²) in [5, 5.41) is 0. The number of hydrogen-bond acceptors (Lipinski definition) is 0. The average molecular weight is 234 g/mol. The summed E-state index contributed by atoms with van der Waals surface area (Å²) < 4.78 is 53.9. The first kappa shape index (κ1) is 13.0. The van der Waals surface area contributed by atoms with E-state index in [0.29, 0.717) is 6.42 Å². The Morgan fingerprint density at radius 3 is 1.62 bits per heavy atom. The van der Waals surface area contributed by atoms with E-state index in [2.05, 4.69) is 0 Å². The summed E-state index contributed by atoms with van der Waals surface area (Å²) in [5.41, 5.74) is -1.02. The molecule has 4 heteroatoms. The molecule has 0 fully saturated rings. The molecule has 0 aromatic heterocycles. The van der Waals surface area contributed by atoms with Crippen LogP contribution in [0.5, 0.6) is 0 Å². The van der Waals surface area contributed by atoms with Gasteiger partial charge in [-0.1, -0.05) is 20.8 Å². The third-order valence-corrected chi connectivity index (χ3v) is 2.85. The highest BCUT2D eigenvalue weighted by Crippen LogP contribution is 2.31. The second-order valence-electron chi connectivity index (χ2n) is 3.81. The minimum Gasteiger partial charge on any atom is -0.203 e. The van der Waals surface area contributed by atoms with Crippen molar-refractivity contribution in [3.8, 4) is 0 Å². The Morgan fingerprint density at radius 1 is 0.875 bits per heavy atom. The molecule has 0 saturated carbocycles. The van der Waals surface area contributed by atoms with Gasteiger partial charge in [-0.15, -0.1) is 0 Å². The van der Waals surface area contributed by atoms with Crippen molar-refractivity contribution >= 4 is 0 Å². The van der Waals surface area contributed by atoms with Crippen LogP contribution < -0.4 is 0 Å².